The summed E-state index contributed by atoms with van der Waals surface area (Å²) in [4.78, 5) is 51.1. The van der Waals surface area contributed by atoms with Crippen LogP contribution >= 0.6 is 28.8 Å². The molecule has 2 atom stereocenters. The molecule has 0 aliphatic heterocycles. The van der Waals surface area contributed by atoms with Crippen LogP contribution in [0.5, 0.6) is 11.5 Å². The molecule has 0 saturated heterocycles. The first-order valence-electron chi connectivity index (χ1n) is 10.1. The molecule has 10 nitrogen and oxygen atoms in total. The zero-order valence-corrected chi connectivity index (χ0v) is 21.1. The minimum atomic E-state index is -2.91. The summed E-state index contributed by atoms with van der Waals surface area (Å²) in [5.41, 5.74) is -0.285. The molecule has 1 aromatic heterocycles. The molecule has 0 bridgehead atoms. The fraction of sp³-hybridized carbons (Fsp3) is 0.286. The number of hydrogen-bond donors (Lipinski definition) is 6. The number of benzene rings is 1. The van der Waals surface area contributed by atoms with E-state index in [0.717, 1.165) is 12.1 Å². The van der Waals surface area contributed by atoms with Gasteiger partial charge in [-0.05, 0) is 12.5 Å². The molecule has 0 radical (unpaired) electrons. The number of rotatable bonds is 12. The van der Waals surface area contributed by atoms with Crippen LogP contribution in [0.4, 0.5) is 0 Å². The Kier molecular flexibility index (Phi) is 10.6. The molecule has 2 rings (SSSR count). The van der Waals surface area contributed by atoms with Gasteiger partial charge in [-0.25, -0.2) is 0 Å². The summed E-state index contributed by atoms with van der Waals surface area (Å²) in [6.45, 7) is 9.33. The number of phenols is 1. The van der Waals surface area contributed by atoms with Crippen LogP contribution in [-0.2, 0) is 4.52 Å². The first-order valence-corrected chi connectivity index (χ1v) is 12.8. The van der Waals surface area contributed by atoms with Gasteiger partial charge >= 0.3 is 17.2 Å². The molecule has 34 heavy (non-hydrogen) atoms. The van der Waals surface area contributed by atoms with Crippen LogP contribution in [0.25, 0.3) is 16.5 Å². The summed E-state index contributed by atoms with van der Waals surface area (Å²) in [7, 11) is -3.90. The van der Waals surface area contributed by atoms with Crippen molar-refractivity contribution in [3.8, 4) is 11.5 Å². The zero-order chi connectivity index (χ0) is 25.6. The molecule has 1 heterocycles. The number of nitrogens with two attached hydrogens (primary N) is 1. The van der Waals surface area contributed by atoms with E-state index in [2.05, 4.69) is 13.2 Å². The van der Waals surface area contributed by atoms with Crippen LogP contribution in [0, 0.1) is 0 Å². The van der Waals surface area contributed by atoms with Crippen molar-refractivity contribution in [1.82, 2.24) is 0 Å². The maximum absolute atomic E-state index is 13.0. The predicted octanol–water partition coefficient (Wildman–Crippen LogP) is 2.69. The van der Waals surface area contributed by atoms with E-state index in [9.17, 15) is 29.5 Å². The highest BCUT2D eigenvalue weighted by Crippen LogP contribution is 2.46. The zero-order valence-electron chi connectivity index (χ0n) is 18.5. The minimum absolute atomic E-state index is 0.0198. The molecule has 0 aliphatic carbocycles. The number of phenolic OH excluding ortho intramolecular Hbond substituents is 1. The summed E-state index contributed by atoms with van der Waals surface area (Å²) < 4.78 is 16.6. The van der Waals surface area contributed by atoms with Crippen molar-refractivity contribution in [2.45, 2.75) is 25.4 Å². The normalized spacial score (nSPS) is 14.3. The largest absolute Gasteiger partial charge is 0.507 e. The van der Waals surface area contributed by atoms with Crippen LogP contribution in [0.2, 0.25) is 0 Å². The van der Waals surface area contributed by atoms with Gasteiger partial charge in [0.05, 0.1) is 12.1 Å². The van der Waals surface area contributed by atoms with Gasteiger partial charge in [0.25, 0.3) is 0 Å². The number of likely N-dealkylation sites (N-methyl/N-ethyl adjacent to an activating group) is 1. The summed E-state index contributed by atoms with van der Waals surface area (Å²) in [5.74, 6) is -1.34. The van der Waals surface area contributed by atoms with Gasteiger partial charge in [0.15, 0.2) is 5.43 Å². The lowest BCUT2D eigenvalue weighted by Crippen LogP contribution is -2.82. The van der Waals surface area contributed by atoms with Crippen molar-refractivity contribution in [3.05, 3.63) is 64.0 Å². The summed E-state index contributed by atoms with van der Waals surface area (Å²) in [6, 6.07) is 2.21. The Hall–Kier alpha value is -1.84. The van der Waals surface area contributed by atoms with Crippen molar-refractivity contribution in [3.63, 3.8) is 0 Å². The molecule has 7 N–H and O–H groups in total. The lowest BCUT2D eigenvalue weighted by molar-refractivity contribution is -0.633. The first-order chi connectivity index (χ1) is 16.1. The van der Waals surface area contributed by atoms with Crippen LogP contribution in [0.15, 0.2) is 51.7 Å². The number of fused-ring (bicyclic) bond motifs is 1. The Bertz CT molecular complexity index is 1130. The summed E-state index contributed by atoms with van der Waals surface area (Å²) >= 11 is 6.19. The Morgan fingerprint density at radius 3 is 2.41 bits per heavy atom. The molecular weight excluding hydrogens is 508 g/mol. The van der Waals surface area contributed by atoms with E-state index in [0.29, 0.717) is 6.42 Å². The molecule has 13 heteroatoms. The molecule has 1 aromatic carbocycles. The van der Waals surface area contributed by atoms with E-state index in [-0.39, 0.29) is 45.2 Å². The minimum Gasteiger partial charge on any atom is -0.507 e. The third kappa shape index (κ3) is 6.43. The Labute approximate surface area is 203 Å². The smallest absolute Gasteiger partial charge is 0.391 e. The fourth-order valence-electron chi connectivity index (χ4n) is 3.67. The van der Waals surface area contributed by atoms with Gasteiger partial charge in [-0.3, -0.25) is 4.79 Å². The SMILES string of the molecule is C=C/C(Cl)=C(\C=C)c1cc(=O)c2c(O)cc(OP(O)O)c(C(CC)C(C[NH2+]C)OP(O)O)c2o1. The van der Waals surface area contributed by atoms with Crippen molar-refractivity contribution in [2.75, 3.05) is 13.6 Å². The second kappa shape index (κ2) is 12.7. The van der Waals surface area contributed by atoms with E-state index < -0.39 is 40.4 Å². The maximum Gasteiger partial charge on any atom is 0.391 e. The fourth-order valence-corrected chi connectivity index (χ4v) is 4.64. The van der Waals surface area contributed by atoms with Crippen molar-refractivity contribution < 1.29 is 43.5 Å². The molecule has 0 aliphatic rings. The summed E-state index contributed by atoms with van der Waals surface area (Å²) in [6.07, 6.45) is 2.23. The van der Waals surface area contributed by atoms with Gasteiger partial charge in [0.2, 0.25) is 0 Å². The monoisotopic (exact) mass is 534 g/mol. The van der Waals surface area contributed by atoms with Gasteiger partial charge < -0.3 is 43.5 Å². The number of allylic oxidation sites excluding steroid dienone is 4. The Morgan fingerprint density at radius 2 is 1.91 bits per heavy atom. The number of quaternary nitrogens is 1. The van der Waals surface area contributed by atoms with Gasteiger partial charge in [0.1, 0.15) is 40.9 Å². The number of aromatic hydroxyl groups is 1. The molecule has 0 saturated carbocycles. The van der Waals surface area contributed by atoms with Crippen LogP contribution in [-0.4, -0.2) is 44.4 Å². The van der Waals surface area contributed by atoms with Crippen LogP contribution in [0.1, 0.15) is 30.6 Å². The van der Waals surface area contributed by atoms with E-state index in [4.69, 9.17) is 25.1 Å². The van der Waals surface area contributed by atoms with E-state index in [1.54, 1.807) is 19.3 Å². The third-order valence-electron chi connectivity index (χ3n) is 5.02. The molecule has 0 amide bonds. The number of halogens is 1. The van der Waals surface area contributed by atoms with Gasteiger partial charge in [0, 0.05) is 29.2 Å². The molecular formula is C21H27ClNO9P2+. The van der Waals surface area contributed by atoms with Gasteiger partial charge in [-0.15, -0.1) is 0 Å². The molecule has 2 aromatic rings. The molecule has 186 valence electrons. The highest BCUT2D eigenvalue weighted by molar-refractivity contribution is 7.40. The average molecular weight is 535 g/mol. The topological polar surface area (TPSA) is 166 Å². The van der Waals surface area contributed by atoms with Gasteiger partial charge in [-0.1, -0.05) is 37.8 Å². The van der Waals surface area contributed by atoms with Crippen molar-refractivity contribution in [2.24, 2.45) is 0 Å². The summed E-state index contributed by atoms with van der Waals surface area (Å²) in [5, 5.41) is 12.3. The maximum atomic E-state index is 13.0. The highest BCUT2D eigenvalue weighted by Gasteiger charge is 2.34. The number of hydrogen-bond acceptors (Lipinski definition) is 9. The molecule has 0 fully saturated rings. The molecule has 2 unspecified atom stereocenters. The van der Waals surface area contributed by atoms with Crippen molar-refractivity contribution in [1.29, 1.82) is 0 Å². The standard InChI is InChI=1S/C21H26ClNO9P2/c1-5-11(13(22)7-3)16-8-14(24)20-15(25)9-17(31-33(26)27)19(21(20)30-16)12(6-2)18(10-23-4)32-34(28)29/h5,7-9,12,18,23,25-29H,1,3,6,10H2,2,4H3/p+1/b13-11-. The second-order valence-electron chi connectivity index (χ2n) is 7.06. The van der Waals surface area contributed by atoms with Crippen molar-refractivity contribution >= 4 is 45.3 Å². The Balaban J connectivity index is 3.02. The molecule has 0 spiro atoms. The Morgan fingerprint density at radius 1 is 1.24 bits per heavy atom. The predicted molar refractivity (Wildman–Crippen MR) is 131 cm³/mol. The van der Waals surface area contributed by atoms with E-state index >= 15 is 0 Å². The van der Waals surface area contributed by atoms with Crippen LogP contribution < -0.4 is 15.3 Å². The first kappa shape index (κ1) is 28.4. The third-order valence-corrected chi connectivity index (χ3v) is 6.20. The van der Waals surface area contributed by atoms with E-state index in [1.807, 2.05) is 0 Å². The van der Waals surface area contributed by atoms with Crippen LogP contribution in [0.3, 0.4) is 0 Å². The quantitative estimate of drug-likeness (QED) is 0.177. The second-order valence-corrected chi connectivity index (χ2v) is 8.87. The lowest BCUT2D eigenvalue weighted by Gasteiger charge is -2.27. The average Bonchev–Trinajstić information content (AvgIpc) is 2.75. The highest BCUT2D eigenvalue weighted by atomic mass is 35.5. The van der Waals surface area contributed by atoms with E-state index in [1.165, 1.54) is 12.2 Å². The van der Waals surface area contributed by atoms with Gasteiger partial charge in [-0.2, -0.15) is 0 Å². The lowest BCUT2D eigenvalue weighted by atomic mass is 9.88.